The van der Waals surface area contributed by atoms with E-state index in [4.69, 9.17) is 4.74 Å². The smallest absolute Gasteiger partial charge is 0.277 e. The van der Waals surface area contributed by atoms with E-state index in [-0.39, 0.29) is 12.5 Å². The van der Waals surface area contributed by atoms with Gasteiger partial charge < -0.3 is 9.30 Å². The van der Waals surface area contributed by atoms with Crippen LogP contribution in [-0.4, -0.2) is 28.3 Å². The molecule has 0 unspecified atom stereocenters. The third kappa shape index (κ3) is 4.39. The Morgan fingerprint density at radius 3 is 2.96 bits per heavy atom. The first-order valence-corrected chi connectivity index (χ1v) is 9.75. The molecule has 0 atom stereocenters. The van der Waals surface area contributed by atoms with E-state index >= 15 is 0 Å². The zero-order valence-electron chi connectivity index (χ0n) is 15.8. The van der Waals surface area contributed by atoms with Gasteiger partial charge in [-0.25, -0.2) is 5.43 Å². The number of benzene rings is 1. The van der Waals surface area contributed by atoms with Crippen LogP contribution in [0.4, 0.5) is 0 Å². The number of carbonyl (C=O) groups is 1. The van der Waals surface area contributed by atoms with Crippen molar-refractivity contribution in [2.24, 2.45) is 5.10 Å². The molecule has 4 rings (SSSR count). The summed E-state index contributed by atoms with van der Waals surface area (Å²) in [6, 6.07) is 12.1. The van der Waals surface area contributed by atoms with Crippen molar-refractivity contribution >= 4 is 23.0 Å². The number of fused-ring (bicyclic) bond motifs is 1. The van der Waals surface area contributed by atoms with Crippen molar-refractivity contribution in [2.75, 3.05) is 6.61 Å². The maximum atomic E-state index is 12.0. The van der Waals surface area contributed by atoms with E-state index < -0.39 is 0 Å². The molecule has 6 heteroatoms. The number of nitrogens with one attached hydrogen (secondary N) is 1. The standard InChI is InChI=1S/C22H24N4O2/c27-21(16-28-20-10-4-6-18-7-5-12-23-22(18)20)25-24-14-17-11-13-26(15-17)19-8-2-1-3-9-19/h4-7,10-15,19H,1-3,8-9,16H2,(H,25,27)/b24-14-. The average Bonchev–Trinajstić information content (AvgIpc) is 3.22. The molecule has 1 aliphatic rings. The molecular formula is C22H24N4O2. The Bertz CT molecular complexity index is 968. The molecule has 0 aliphatic heterocycles. The highest BCUT2D eigenvalue weighted by molar-refractivity contribution is 5.85. The summed E-state index contributed by atoms with van der Waals surface area (Å²) in [5.41, 5.74) is 4.23. The molecular weight excluding hydrogens is 352 g/mol. The largest absolute Gasteiger partial charge is 0.481 e. The molecule has 1 amide bonds. The molecule has 2 heterocycles. The highest BCUT2D eigenvalue weighted by Gasteiger charge is 2.14. The summed E-state index contributed by atoms with van der Waals surface area (Å²) in [4.78, 5) is 16.3. The molecule has 3 aromatic rings. The molecule has 0 bridgehead atoms. The van der Waals surface area contributed by atoms with Crippen molar-refractivity contribution in [3.05, 3.63) is 60.6 Å². The van der Waals surface area contributed by atoms with E-state index in [1.54, 1.807) is 18.5 Å². The zero-order chi connectivity index (χ0) is 19.2. The molecule has 1 saturated carbocycles. The van der Waals surface area contributed by atoms with Crippen LogP contribution in [0.3, 0.4) is 0 Å². The Labute approximate surface area is 164 Å². The minimum Gasteiger partial charge on any atom is -0.481 e. The maximum absolute atomic E-state index is 12.0. The summed E-state index contributed by atoms with van der Waals surface area (Å²) in [5.74, 6) is 0.276. The van der Waals surface area contributed by atoms with E-state index in [2.05, 4.69) is 32.5 Å². The fourth-order valence-corrected chi connectivity index (χ4v) is 3.66. The second-order valence-electron chi connectivity index (χ2n) is 7.10. The number of para-hydroxylation sites is 1. The Morgan fingerprint density at radius 2 is 2.07 bits per heavy atom. The third-order valence-electron chi connectivity index (χ3n) is 5.09. The van der Waals surface area contributed by atoms with Crippen molar-refractivity contribution in [2.45, 2.75) is 38.1 Å². The van der Waals surface area contributed by atoms with Crippen molar-refractivity contribution in [3.63, 3.8) is 0 Å². The summed E-state index contributed by atoms with van der Waals surface area (Å²) < 4.78 is 7.88. The normalized spacial score (nSPS) is 15.1. The lowest BCUT2D eigenvalue weighted by atomic mass is 9.95. The van der Waals surface area contributed by atoms with Crippen LogP contribution in [0.5, 0.6) is 5.75 Å². The lowest BCUT2D eigenvalue weighted by Gasteiger charge is -2.23. The van der Waals surface area contributed by atoms with E-state index in [0.717, 1.165) is 16.5 Å². The number of rotatable bonds is 6. The Morgan fingerprint density at radius 1 is 1.21 bits per heavy atom. The van der Waals surface area contributed by atoms with Crippen LogP contribution in [0.25, 0.3) is 10.9 Å². The minimum atomic E-state index is -0.309. The first-order valence-electron chi connectivity index (χ1n) is 9.75. The van der Waals surface area contributed by atoms with Gasteiger partial charge in [-0.2, -0.15) is 5.10 Å². The molecule has 0 saturated heterocycles. The van der Waals surface area contributed by atoms with Crippen LogP contribution in [0.1, 0.15) is 43.7 Å². The Balaban J connectivity index is 1.29. The molecule has 0 spiro atoms. The summed E-state index contributed by atoms with van der Waals surface area (Å²) in [6.07, 6.45) is 14.0. The number of pyridine rings is 1. The number of hydrazone groups is 1. The van der Waals surface area contributed by atoms with Crippen LogP contribution in [0.15, 0.2) is 60.1 Å². The van der Waals surface area contributed by atoms with E-state index in [1.165, 1.54) is 32.1 Å². The van der Waals surface area contributed by atoms with Gasteiger partial charge in [0.1, 0.15) is 11.3 Å². The first-order chi connectivity index (χ1) is 13.8. The number of hydrogen-bond donors (Lipinski definition) is 1. The third-order valence-corrected chi connectivity index (χ3v) is 5.09. The number of aromatic nitrogens is 2. The van der Waals surface area contributed by atoms with Crippen LogP contribution >= 0.6 is 0 Å². The van der Waals surface area contributed by atoms with Crippen LogP contribution in [-0.2, 0) is 4.79 Å². The van der Waals surface area contributed by atoms with Gasteiger partial charge in [-0.1, -0.05) is 37.5 Å². The monoisotopic (exact) mass is 376 g/mol. The number of hydrogen-bond acceptors (Lipinski definition) is 4. The molecule has 144 valence electrons. The molecule has 1 N–H and O–H groups in total. The van der Waals surface area contributed by atoms with Gasteiger partial charge in [-0.15, -0.1) is 0 Å². The van der Waals surface area contributed by atoms with Crippen molar-refractivity contribution in [1.82, 2.24) is 15.0 Å². The van der Waals surface area contributed by atoms with Gasteiger partial charge in [-0.3, -0.25) is 9.78 Å². The predicted molar refractivity (Wildman–Crippen MR) is 110 cm³/mol. The molecule has 6 nitrogen and oxygen atoms in total. The number of amides is 1. The molecule has 2 aromatic heterocycles. The van der Waals surface area contributed by atoms with Crippen molar-refractivity contribution in [3.8, 4) is 5.75 Å². The lowest BCUT2D eigenvalue weighted by molar-refractivity contribution is -0.123. The number of ether oxygens (including phenoxy) is 1. The summed E-state index contributed by atoms with van der Waals surface area (Å²) in [7, 11) is 0. The first kappa shape index (κ1) is 18.2. The minimum absolute atomic E-state index is 0.115. The molecule has 1 aromatic carbocycles. The summed E-state index contributed by atoms with van der Waals surface area (Å²) >= 11 is 0. The average molecular weight is 376 g/mol. The van der Waals surface area contributed by atoms with Crippen molar-refractivity contribution in [1.29, 1.82) is 0 Å². The topological polar surface area (TPSA) is 68.5 Å². The molecule has 28 heavy (non-hydrogen) atoms. The van der Waals surface area contributed by atoms with Gasteiger partial charge in [0.2, 0.25) is 0 Å². The van der Waals surface area contributed by atoms with E-state index in [1.807, 2.05) is 30.3 Å². The van der Waals surface area contributed by atoms with Gasteiger partial charge in [0, 0.05) is 35.6 Å². The Hall–Kier alpha value is -3.15. The van der Waals surface area contributed by atoms with E-state index in [0.29, 0.717) is 11.8 Å². The van der Waals surface area contributed by atoms with Gasteiger partial charge in [-0.05, 0) is 31.0 Å². The van der Waals surface area contributed by atoms with E-state index in [9.17, 15) is 4.79 Å². The predicted octanol–water partition coefficient (Wildman–Crippen LogP) is 4.07. The van der Waals surface area contributed by atoms with Gasteiger partial charge in [0.25, 0.3) is 5.91 Å². The molecule has 1 aliphatic carbocycles. The zero-order valence-corrected chi connectivity index (χ0v) is 15.8. The van der Waals surface area contributed by atoms with Crippen molar-refractivity contribution < 1.29 is 9.53 Å². The fraction of sp³-hybridized carbons (Fsp3) is 0.318. The molecule has 1 fully saturated rings. The number of carbonyl (C=O) groups excluding carboxylic acids is 1. The summed E-state index contributed by atoms with van der Waals surface area (Å²) in [6.45, 7) is -0.115. The van der Waals surface area contributed by atoms with Gasteiger partial charge >= 0.3 is 0 Å². The highest BCUT2D eigenvalue weighted by atomic mass is 16.5. The fourth-order valence-electron chi connectivity index (χ4n) is 3.66. The SMILES string of the molecule is O=C(COc1cccc2cccnc12)N/N=C\c1ccn(C2CCCCC2)c1. The molecule has 0 radical (unpaired) electrons. The maximum Gasteiger partial charge on any atom is 0.277 e. The highest BCUT2D eigenvalue weighted by Crippen LogP contribution is 2.28. The second kappa shape index (κ2) is 8.69. The number of nitrogens with zero attached hydrogens (tertiary/aromatic N) is 3. The lowest BCUT2D eigenvalue weighted by Crippen LogP contribution is -2.24. The van der Waals surface area contributed by atoms with Crippen LogP contribution in [0.2, 0.25) is 0 Å². The van der Waals surface area contributed by atoms with Crippen LogP contribution in [0, 0.1) is 0 Å². The van der Waals surface area contributed by atoms with Crippen LogP contribution < -0.4 is 10.2 Å². The van der Waals surface area contributed by atoms with Gasteiger partial charge in [0.15, 0.2) is 6.61 Å². The van der Waals surface area contributed by atoms with Gasteiger partial charge in [0.05, 0.1) is 6.21 Å². The Kier molecular flexibility index (Phi) is 5.66. The second-order valence-corrected chi connectivity index (χ2v) is 7.10. The summed E-state index contributed by atoms with van der Waals surface area (Å²) in [5, 5.41) is 5.01. The quantitative estimate of drug-likeness (QED) is 0.521.